The summed E-state index contributed by atoms with van der Waals surface area (Å²) >= 11 is 0. The molecule has 1 heterocycles. The first kappa shape index (κ1) is 15.1. The molecule has 0 fully saturated rings. The summed E-state index contributed by atoms with van der Waals surface area (Å²) in [5.74, 6) is 0.361. The zero-order valence-electron chi connectivity index (χ0n) is 12.1. The fourth-order valence-corrected chi connectivity index (χ4v) is 1.94. The van der Waals surface area contributed by atoms with Crippen molar-refractivity contribution in [3.8, 4) is 28.8 Å². The summed E-state index contributed by atoms with van der Waals surface area (Å²) in [5.41, 5.74) is 6.96. The number of nitrogens with one attached hydrogen (secondary N) is 1. The van der Waals surface area contributed by atoms with Gasteiger partial charge in [0.2, 0.25) is 0 Å². The number of benzene rings is 1. The molecule has 0 saturated carbocycles. The number of carbonyl (C=O) groups excluding carboxylic acids is 1. The summed E-state index contributed by atoms with van der Waals surface area (Å²) in [5, 5.41) is 15.7. The van der Waals surface area contributed by atoms with Crippen LogP contribution in [-0.4, -0.2) is 30.3 Å². The number of carbonyl (C=O) groups is 1. The average molecular weight is 298 g/mol. The average Bonchev–Trinajstić information content (AvgIpc) is 2.99. The topological polar surface area (TPSA) is 114 Å². The molecule has 0 bridgehead atoms. The van der Waals surface area contributed by atoms with Crippen molar-refractivity contribution < 1.29 is 14.3 Å². The molecule has 1 aromatic heterocycles. The van der Waals surface area contributed by atoms with Crippen molar-refractivity contribution in [2.24, 2.45) is 5.73 Å². The Hall–Kier alpha value is -3.27. The number of aromatic nitrogens is 2. The van der Waals surface area contributed by atoms with Crippen LogP contribution < -0.4 is 15.2 Å². The van der Waals surface area contributed by atoms with Crippen LogP contribution in [0.15, 0.2) is 30.0 Å². The van der Waals surface area contributed by atoms with Crippen LogP contribution in [0, 0.1) is 11.3 Å². The molecule has 0 unspecified atom stereocenters. The zero-order chi connectivity index (χ0) is 16.1. The Balaban J connectivity index is 2.50. The van der Waals surface area contributed by atoms with Crippen molar-refractivity contribution >= 4 is 12.0 Å². The molecule has 0 saturated heterocycles. The van der Waals surface area contributed by atoms with Crippen LogP contribution in [0.1, 0.15) is 5.56 Å². The Morgan fingerprint density at radius 2 is 2.09 bits per heavy atom. The summed E-state index contributed by atoms with van der Waals surface area (Å²) in [7, 11) is 3.09. The minimum atomic E-state index is -0.790. The second-order valence-electron chi connectivity index (χ2n) is 4.30. The van der Waals surface area contributed by atoms with Gasteiger partial charge in [-0.25, -0.2) is 0 Å². The van der Waals surface area contributed by atoms with Crippen molar-refractivity contribution in [2.45, 2.75) is 0 Å². The molecule has 2 aromatic rings. The lowest BCUT2D eigenvalue weighted by atomic mass is 10.1. The van der Waals surface area contributed by atoms with Gasteiger partial charge in [-0.05, 0) is 24.3 Å². The van der Waals surface area contributed by atoms with Gasteiger partial charge < -0.3 is 15.2 Å². The van der Waals surface area contributed by atoms with Crippen molar-refractivity contribution in [3.63, 3.8) is 0 Å². The van der Waals surface area contributed by atoms with E-state index in [2.05, 4.69) is 10.2 Å². The van der Waals surface area contributed by atoms with E-state index >= 15 is 0 Å². The van der Waals surface area contributed by atoms with Crippen LogP contribution >= 0.6 is 0 Å². The Morgan fingerprint density at radius 3 is 2.68 bits per heavy atom. The van der Waals surface area contributed by atoms with Crippen LogP contribution in [0.5, 0.6) is 11.5 Å². The molecule has 0 radical (unpaired) electrons. The predicted molar refractivity (Wildman–Crippen MR) is 79.9 cm³/mol. The first-order valence-electron chi connectivity index (χ1n) is 6.28. The molecular formula is C15H14N4O3. The maximum atomic E-state index is 11.2. The van der Waals surface area contributed by atoms with Crippen molar-refractivity contribution in [1.82, 2.24) is 10.2 Å². The minimum absolute atomic E-state index is 0.150. The number of methoxy groups -OCH3 is 2. The van der Waals surface area contributed by atoms with E-state index in [-0.39, 0.29) is 5.57 Å². The lowest BCUT2D eigenvalue weighted by molar-refractivity contribution is -0.114. The highest BCUT2D eigenvalue weighted by atomic mass is 16.5. The van der Waals surface area contributed by atoms with Gasteiger partial charge in [-0.15, -0.1) is 0 Å². The largest absolute Gasteiger partial charge is 0.493 e. The number of hydrogen-bond acceptors (Lipinski definition) is 5. The third kappa shape index (κ3) is 2.91. The minimum Gasteiger partial charge on any atom is -0.493 e. The van der Waals surface area contributed by atoms with Gasteiger partial charge in [-0.2, -0.15) is 10.4 Å². The fraction of sp³-hybridized carbons (Fsp3) is 0.133. The van der Waals surface area contributed by atoms with Gasteiger partial charge in [0, 0.05) is 11.1 Å². The van der Waals surface area contributed by atoms with Gasteiger partial charge in [0.15, 0.2) is 11.5 Å². The van der Waals surface area contributed by atoms with E-state index in [1.807, 2.05) is 6.07 Å². The molecule has 0 aliphatic rings. The van der Waals surface area contributed by atoms with Gasteiger partial charge >= 0.3 is 0 Å². The number of nitrogens with two attached hydrogens (primary N) is 1. The second kappa shape index (κ2) is 6.45. The third-order valence-electron chi connectivity index (χ3n) is 3.03. The standard InChI is InChI=1S/C15H14N4O3/c1-21-12-4-3-9(6-13(12)22-2)14-11(8-18-19-14)5-10(7-16)15(17)20/h3-6,8H,1-2H3,(H2,17,20)(H,18,19). The molecule has 1 amide bonds. The van der Waals surface area contributed by atoms with E-state index in [4.69, 9.17) is 20.5 Å². The number of aromatic amines is 1. The third-order valence-corrected chi connectivity index (χ3v) is 3.03. The van der Waals surface area contributed by atoms with Crippen molar-refractivity contribution in [1.29, 1.82) is 5.26 Å². The molecule has 0 spiro atoms. The monoisotopic (exact) mass is 298 g/mol. The number of nitriles is 1. The van der Waals surface area contributed by atoms with Gasteiger partial charge in [0.25, 0.3) is 5.91 Å². The highest BCUT2D eigenvalue weighted by Gasteiger charge is 2.12. The number of nitrogens with zero attached hydrogens (tertiary/aromatic N) is 2. The zero-order valence-corrected chi connectivity index (χ0v) is 12.1. The molecule has 7 heteroatoms. The number of hydrogen-bond donors (Lipinski definition) is 2. The number of primary amides is 1. The molecule has 0 aliphatic heterocycles. The van der Waals surface area contributed by atoms with E-state index in [0.717, 1.165) is 5.56 Å². The van der Waals surface area contributed by atoms with Gasteiger partial charge in [0.05, 0.1) is 26.1 Å². The van der Waals surface area contributed by atoms with Crippen LogP contribution in [0.2, 0.25) is 0 Å². The number of ether oxygens (including phenoxy) is 2. The molecule has 2 rings (SSSR count). The molecule has 0 aliphatic carbocycles. The Morgan fingerprint density at radius 1 is 1.36 bits per heavy atom. The summed E-state index contributed by atoms with van der Waals surface area (Å²) < 4.78 is 10.4. The van der Waals surface area contributed by atoms with Crippen LogP contribution in [0.4, 0.5) is 0 Å². The Bertz CT molecular complexity index is 771. The van der Waals surface area contributed by atoms with E-state index in [0.29, 0.717) is 22.8 Å². The Labute approximate surface area is 127 Å². The number of rotatable bonds is 5. The van der Waals surface area contributed by atoms with Crippen LogP contribution in [-0.2, 0) is 4.79 Å². The van der Waals surface area contributed by atoms with E-state index in [9.17, 15) is 4.79 Å². The summed E-state index contributed by atoms with van der Waals surface area (Å²) in [4.78, 5) is 11.2. The molecule has 0 atom stereocenters. The quantitative estimate of drug-likeness (QED) is 0.641. The van der Waals surface area contributed by atoms with E-state index < -0.39 is 5.91 Å². The normalized spacial score (nSPS) is 10.9. The first-order chi connectivity index (χ1) is 10.6. The fourth-order valence-electron chi connectivity index (χ4n) is 1.94. The van der Waals surface area contributed by atoms with E-state index in [1.165, 1.54) is 19.4 Å². The summed E-state index contributed by atoms with van der Waals surface area (Å²) in [6, 6.07) is 7.08. The highest BCUT2D eigenvalue weighted by molar-refractivity contribution is 6.01. The summed E-state index contributed by atoms with van der Waals surface area (Å²) in [6.45, 7) is 0. The SMILES string of the molecule is COc1ccc(-c2[nH]ncc2C=C(C#N)C(N)=O)cc1OC. The van der Waals surface area contributed by atoms with E-state index in [1.54, 1.807) is 25.3 Å². The highest BCUT2D eigenvalue weighted by Crippen LogP contribution is 2.33. The van der Waals surface area contributed by atoms with Gasteiger partial charge in [-0.3, -0.25) is 9.89 Å². The molecule has 22 heavy (non-hydrogen) atoms. The van der Waals surface area contributed by atoms with Crippen LogP contribution in [0.25, 0.3) is 17.3 Å². The van der Waals surface area contributed by atoms with Gasteiger partial charge in [0.1, 0.15) is 11.6 Å². The summed E-state index contributed by atoms with van der Waals surface area (Å²) in [6.07, 6.45) is 2.89. The first-order valence-corrected chi connectivity index (χ1v) is 6.28. The number of amides is 1. The molecule has 3 N–H and O–H groups in total. The maximum Gasteiger partial charge on any atom is 0.259 e. The smallest absolute Gasteiger partial charge is 0.259 e. The number of H-pyrrole nitrogens is 1. The van der Waals surface area contributed by atoms with Crippen molar-refractivity contribution in [3.05, 3.63) is 35.5 Å². The Kier molecular flexibility index (Phi) is 4.44. The molecule has 7 nitrogen and oxygen atoms in total. The molecule has 112 valence electrons. The lowest BCUT2D eigenvalue weighted by Gasteiger charge is -2.09. The maximum absolute atomic E-state index is 11.2. The van der Waals surface area contributed by atoms with Gasteiger partial charge in [-0.1, -0.05) is 0 Å². The van der Waals surface area contributed by atoms with Crippen molar-refractivity contribution in [2.75, 3.05) is 14.2 Å². The molecular weight excluding hydrogens is 284 g/mol. The second-order valence-corrected chi connectivity index (χ2v) is 4.30. The molecule has 1 aromatic carbocycles. The lowest BCUT2D eigenvalue weighted by Crippen LogP contribution is -2.12. The van der Waals surface area contributed by atoms with Crippen LogP contribution in [0.3, 0.4) is 0 Å². The predicted octanol–water partition coefficient (Wildman–Crippen LogP) is 1.49.